The van der Waals surface area contributed by atoms with E-state index in [0.717, 1.165) is 17.1 Å². The molecule has 1 nitrogen and oxygen atoms in total. The molecule has 0 aliphatic carbocycles. The molecule has 0 amide bonds. The summed E-state index contributed by atoms with van der Waals surface area (Å²) in [5.74, 6) is 0. The molecule has 0 saturated heterocycles. The zero-order valence-electron chi connectivity index (χ0n) is 30.6. The fourth-order valence-corrected chi connectivity index (χ4v) is 9.50. The van der Waals surface area contributed by atoms with Gasteiger partial charge in [0, 0.05) is 37.2 Å². The molecule has 1 aromatic heterocycles. The molecule has 0 fully saturated rings. The summed E-state index contributed by atoms with van der Waals surface area (Å²) in [5.41, 5.74) is 10.6. The first-order valence-corrected chi connectivity index (χ1v) is 20.0. The standard InChI is InChI=1S/C54H35NS/c1-2-11-40-31-44(22-19-36(40)9-1)37-23-27-46(28-24-37)55(48-29-25-39-21-20-38-10-3-4-16-49(38)52(39)35-48)47-15-8-14-43(33-47)41-12-7-13-42(32-41)45-26-30-51-50-17-5-6-18-53(50)56-54(51)34-45/h1-35H. The molecule has 0 aliphatic heterocycles. The Kier molecular flexibility index (Phi) is 7.75. The highest BCUT2D eigenvalue weighted by Crippen LogP contribution is 2.41. The highest BCUT2D eigenvalue weighted by molar-refractivity contribution is 7.25. The number of fused-ring (bicyclic) bond motifs is 7. The van der Waals surface area contributed by atoms with Gasteiger partial charge in [0.2, 0.25) is 0 Å². The average Bonchev–Trinajstić information content (AvgIpc) is 3.65. The van der Waals surface area contributed by atoms with Gasteiger partial charge in [0.25, 0.3) is 0 Å². The van der Waals surface area contributed by atoms with Crippen LogP contribution in [0.5, 0.6) is 0 Å². The number of hydrogen-bond donors (Lipinski definition) is 0. The lowest BCUT2D eigenvalue weighted by atomic mass is 9.97. The highest BCUT2D eigenvalue weighted by atomic mass is 32.1. The van der Waals surface area contributed by atoms with Gasteiger partial charge in [-0.15, -0.1) is 11.3 Å². The van der Waals surface area contributed by atoms with Gasteiger partial charge in [-0.05, 0) is 126 Å². The number of benzene rings is 10. The number of hydrogen-bond acceptors (Lipinski definition) is 2. The first kappa shape index (κ1) is 32.4. The summed E-state index contributed by atoms with van der Waals surface area (Å²) in [6.07, 6.45) is 0. The summed E-state index contributed by atoms with van der Waals surface area (Å²) >= 11 is 1.87. The molecule has 0 aliphatic rings. The molecule has 0 N–H and O–H groups in total. The Labute approximate surface area is 330 Å². The zero-order valence-corrected chi connectivity index (χ0v) is 31.4. The molecule has 56 heavy (non-hydrogen) atoms. The number of thiophene rings is 1. The SMILES string of the molecule is c1cc(-c2cccc(N(c3ccc(-c4ccc5ccccc5c4)cc3)c3ccc4ccc5ccccc5c4c3)c2)cc(-c2ccc3c(c2)sc2ccccc23)c1. The molecule has 2 heteroatoms. The molecule has 11 aromatic rings. The summed E-state index contributed by atoms with van der Waals surface area (Å²) in [5, 5.41) is 10.2. The van der Waals surface area contributed by atoms with E-state index in [0.29, 0.717) is 0 Å². The lowest BCUT2D eigenvalue weighted by Gasteiger charge is -2.27. The second-order valence-electron chi connectivity index (χ2n) is 14.6. The van der Waals surface area contributed by atoms with Gasteiger partial charge >= 0.3 is 0 Å². The van der Waals surface area contributed by atoms with Gasteiger partial charge in [0.1, 0.15) is 0 Å². The van der Waals surface area contributed by atoms with Gasteiger partial charge in [-0.1, -0.05) is 152 Å². The predicted molar refractivity (Wildman–Crippen MR) is 243 cm³/mol. The summed E-state index contributed by atoms with van der Waals surface area (Å²) < 4.78 is 2.65. The lowest BCUT2D eigenvalue weighted by Crippen LogP contribution is -2.10. The Hall–Kier alpha value is -7.00. The molecule has 262 valence electrons. The van der Waals surface area contributed by atoms with E-state index >= 15 is 0 Å². The predicted octanol–water partition coefficient (Wildman–Crippen LogP) is 16.0. The van der Waals surface area contributed by atoms with Crippen molar-refractivity contribution in [1.29, 1.82) is 0 Å². The maximum Gasteiger partial charge on any atom is 0.0468 e. The Morgan fingerprint density at radius 3 is 1.62 bits per heavy atom. The van der Waals surface area contributed by atoms with Crippen LogP contribution in [0.4, 0.5) is 17.1 Å². The van der Waals surface area contributed by atoms with E-state index in [-0.39, 0.29) is 0 Å². The summed E-state index contributed by atoms with van der Waals surface area (Å²) in [6.45, 7) is 0. The van der Waals surface area contributed by atoms with Gasteiger partial charge in [0.15, 0.2) is 0 Å². The van der Waals surface area contributed by atoms with Crippen molar-refractivity contribution in [1.82, 2.24) is 0 Å². The fraction of sp³-hybridized carbons (Fsp3) is 0. The maximum absolute atomic E-state index is 2.40. The van der Waals surface area contributed by atoms with Crippen molar-refractivity contribution in [2.24, 2.45) is 0 Å². The van der Waals surface area contributed by atoms with E-state index in [9.17, 15) is 0 Å². The van der Waals surface area contributed by atoms with Crippen LogP contribution in [0.25, 0.3) is 85.9 Å². The van der Waals surface area contributed by atoms with Crippen LogP contribution in [0, 0.1) is 0 Å². The summed E-state index contributed by atoms with van der Waals surface area (Å²) in [7, 11) is 0. The van der Waals surface area contributed by atoms with Crippen molar-refractivity contribution >= 4 is 80.9 Å². The maximum atomic E-state index is 2.40. The van der Waals surface area contributed by atoms with Crippen LogP contribution in [-0.4, -0.2) is 0 Å². The Bertz CT molecular complexity index is 3260. The monoisotopic (exact) mass is 729 g/mol. The van der Waals surface area contributed by atoms with Crippen LogP contribution in [0.3, 0.4) is 0 Å². The van der Waals surface area contributed by atoms with Crippen LogP contribution in [-0.2, 0) is 0 Å². The van der Waals surface area contributed by atoms with Crippen LogP contribution in [0.15, 0.2) is 212 Å². The van der Waals surface area contributed by atoms with Crippen LogP contribution in [0.2, 0.25) is 0 Å². The lowest BCUT2D eigenvalue weighted by molar-refractivity contribution is 1.29. The van der Waals surface area contributed by atoms with Gasteiger partial charge in [-0.25, -0.2) is 0 Å². The molecule has 0 spiro atoms. The smallest absolute Gasteiger partial charge is 0.0468 e. The van der Waals surface area contributed by atoms with Gasteiger partial charge in [-0.3, -0.25) is 0 Å². The van der Waals surface area contributed by atoms with Crippen LogP contribution >= 0.6 is 11.3 Å². The van der Waals surface area contributed by atoms with Crippen molar-refractivity contribution in [3.05, 3.63) is 212 Å². The molecule has 0 radical (unpaired) electrons. The van der Waals surface area contributed by atoms with Gasteiger partial charge < -0.3 is 4.90 Å². The molecule has 0 atom stereocenters. The zero-order chi connectivity index (χ0) is 37.0. The fourth-order valence-electron chi connectivity index (χ4n) is 8.36. The minimum absolute atomic E-state index is 1.11. The third kappa shape index (κ3) is 5.71. The Morgan fingerprint density at radius 2 is 0.786 bits per heavy atom. The van der Waals surface area contributed by atoms with Crippen molar-refractivity contribution in [3.8, 4) is 33.4 Å². The number of anilines is 3. The minimum Gasteiger partial charge on any atom is -0.310 e. The quantitative estimate of drug-likeness (QED) is 0.154. The van der Waals surface area contributed by atoms with E-state index in [2.05, 4.69) is 217 Å². The van der Waals surface area contributed by atoms with E-state index in [4.69, 9.17) is 0 Å². The van der Waals surface area contributed by atoms with E-state index < -0.39 is 0 Å². The van der Waals surface area contributed by atoms with E-state index in [1.807, 2.05) is 11.3 Å². The van der Waals surface area contributed by atoms with Crippen molar-refractivity contribution in [2.45, 2.75) is 0 Å². The van der Waals surface area contributed by atoms with Crippen molar-refractivity contribution in [3.63, 3.8) is 0 Å². The molecule has 10 aromatic carbocycles. The number of nitrogens with zero attached hydrogens (tertiary/aromatic N) is 1. The first-order chi connectivity index (χ1) is 27.7. The molecule has 0 unspecified atom stereocenters. The molecular formula is C54H35NS. The van der Waals surface area contributed by atoms with E-state index in [1.165, 1.54) is 85.9 Å². The van der Waals surface area contributed by atoms with Crippen molar-refractivity contribution < 1.29 is 0 Å². The van der Waals surface area contributed by atoms with Crippen molar-refractivity contribution in [2.75, 3.05) is 4.90 Å². The summed E-state index contributed by atoms with van der Waals surface area (Å²) in [4.78, 5) is 2.40. The largest absolute Gasteiger partial charge is 0.310 e. The molecule has 1 heterocycles. The third-order valence-electron chi connectivity index (χ3n) is 11.2. The second kappa shape index (κ2) is 13.4. The van der Waals surface area contributed by atoms with Crippen LogP contribution in [0.1, 0.15) is 0 Å². The molecular weight excluding hydrogens is 695 g/mol. The molecule has 0 bridgehead atoms. The molecule has 0 saturated carbocycles. The second-order valence-corrected chi connectivity index (χ2v) is 15.7. The van der Waals surface area contributed by atoms with Gasteiger partial charge in [-0.2, -0.15) is 0 Å². The Balaban J connectivity index is 1.01. The van der Waals surface area contributed by atoms with Crippen LogP contribution < -0.4 is 4.90 Å². The average molecular weight is 730 g/mol. The third-order valence-corrected chi connectivity index (χ3v) is 12.3. The first-order valence-electron chi connectivity index (χ1n) is 19.2. The topological polar surface area (TPSA) is 3.24 Å². The van der Waals surface area contributed by atoms with Gasteiger partial charge in [0.05, 0.1) is 0 Å². The van der Waals surface area contributed by atoms with E-state index in [1.54, 1.807) is 0 Å². The normalized spacial score (nSPS) is 11.6. The minimum atomic E-state index is 1.11. The Morgan fingerprint density at radius 1 is 0.250 bits per heavy atom. The highest BCUT2D eigenvalue weighted by Gasteiger charge is 2.16. The number of rotatable bonds is 6. The molecule has 11 rings (SSSR count). The summed E-state index contributed by atoms with van der Waals surface area (Å²) in [6, 6.07) is 77.9.